The first kappa shape index (κ1) is 26.1. The van der Waals surface area contributed by atoms with Crippen LogP contribution in [-0.2, 0) is 0 Å². The summed E-state index contributed by atoms with van der Waals surface area (Å²) < 4.78 is 12.7. The Morgan fingerprint density at radius 2 is 1.84 bits per heavy atom. The van der Waals surface area contributed by atoms with Gasteiger partial charge in [-0.25, -0.2) is 0 Å². The minimum Gasteiger partial charge on any atom is -0.497 e. The third-order valence-electron chi connectivity index (χ3n) is 8.09. The van der Waals surface area contributed by atoms with E-state index >= 15 is 0 Å². The Labute approximate surface area is 247 Å². The number of allylic oxidation sites excluding steroid dienone is 1. The molecule has 0 saturated carbocycles. The number of ether oxygens (including phenoxy) is 2. The lowest BCUT2D eigenvalue weighted by Gasteiger charge is -2.25. The molecule has 0 bridgehead atoms. The maximum atomic E-state index is 14.4. The molecule has 3 N–H and O–H groups in total. The van der Waals surface area contributed by atoms with Crippen LogP contribution in [0.5, 0.6) is 11.6 Å². The van der Waals surface area contributed by atoms with Crippen molar-refractivity contribution in [2.24, 2.45) is 5.73 Å². The number of hydrogen-bond acceptors (Lipinski definition) is 6. The Morgan fingerprint density at radius 1 is 1.02 bits per heavy atom. The minimum atomic E-state index is -0.591. The number of aromatic amines is 1. The zero-order chi connectivity index (χ0) is 29.8. The van der Waals surface area contributed by atoms with Crippen LogP contribution in [0, 0.1) is 25.2 Å². The van der Waals surface area contributed by atoms with Crippen LogP contribution in [0.25, 0.3) is 32.8 Å². The number of carbonyl (C=O) groups excluding carboxylic acids is 1. The average Bonchev–Trinajstić information content (AvgIpc) is 3.56. The molecule has 6 aromatic rings. The molecule has 43 heavy (non-hydrogen) atoms. The zero-order valence-electron chi connectivity index (χ0n) is 23.8. The van der Waals surface area contributed by atoms with Gasteiger partial charge in [0.15, 0.2) is 0 Å². The predicted molar refractivity (Wildman–Crippen MR) is 165 cm³/mol. The first-order valence-corrected chi connectivity index (χ1v) is 13.9. The van der Waals surface area contributed by atoms with Crippen molar-refractivity contribution in [3.8, 4) is 28.8 Å². The summed E-state index contributed by atoms with van der Waals surface area (Å²) in [5.74, 6) is -0.123. The summed E-state index contributed by atoms with van der Waals surface area (Å²) in [6.07, 6.45) is 0. The first-order chi connectivity index (χ1) is 20.9. The molecule has 4 aromatic carbocycles. The van der Waals surface area contributed by atoms with Gasteiger partial charge in [0.05, 0.1) is 24.3 Å². The van der Waals surface area contributed by atoms with Crippen LogP contribution in [0.3, 0.4) is 0 Å². The van der Waals surface area contributed by atoms with E-state index in [0.29, 0.717) is 17.0 Å². The number of benzene rings is 4. The molecule has 0 amide bonds. The largest absolute Gasteiger partial charge is 0.497 e. The Bertz CT molecular complexity index is 2170. The van der Waals surface area contributed by atoms with E-state index < -0.39 is 11.8 Å². The molecular weight excluding hydrogens is 538 g/mol. The molecule has 1 atom stereocenters. The zero-order valence-corrected chi connectivity index (χ0v) is 23.8. The van der Waals surface area contributed by atoms with Crippen LogP contribution in [0.2, 0.25) is 0 Å². The number of H-pyrrole nitrogens is 1. The Balaban J connectivity index is 1.44. The fraction of sp³-hybridized carbons (Fsp3) is 0.114. The molecule has 0 fully saturated rings. The Morgan fingerprint density at radius 3 is 2.60 bits per heavy atom. The van der Waals surface area contributed by atoms with Crippen LogP contribution in [0.4, 0.5) is 0 Å². The van der Waals surface area contributed by atoms with Gasteiger partial charge in [0.25, 0.3) is 5.91 Å². The van der Waals surface area contributed by atoms with Gasteiger partial charge >= 0.3 is 0 Å². The number of nitrogens with one attached hydrogen (secondary N) is 1. The van der Waals surface area contributed by atoms with Gasteiger partial charge in [0.1, 0.15) is 23.1 Å². The van der Waals surface area contributed by atoms with Crippen molar-refractivity contribution in [1.82, 2.24) is 14.8 Å². The van der Waals surface area contributed by atoms with Crippen molar-refractivity contribution >= 4 is 27.6 Å². The van der Waals surface area contributed by atoms with Gasteiger partial charge in [0.2, 0.25) is 11.8 Å². The molecule has 7 rings (SSSR count). The number of hydrogen-bond donors (Lipinski definition) is 2. The molecule has 2 aromatic heterocycles. The maximum Gasteiger partial charge on any atom is 0.298 e. The van der Waals surface area contributed by atoms with E-state index in [4.69, 9.17) is 15.2 Å². The van der Waals surface area contributed by atoms with E-state index in [1.165, 1.54) is 4.68 Å². The topological polar surface area (TPSA) is 119 Å². The van der Waals surface area contributed by atoms with Crippen LogP contribution >= 0.6 is 0 Å². The van der Waals surface area contributed by atoms with Crippen molar-refractivity contribution in [1.29, 1.82) is 5.26 Å². The SMILES string of the molecule is COc1ccc2c(C3C(C#N)=C(N)Oc4c3c(C)nn4C(=O)c3[nH]c4ccc(C)cc4c3-c3ccccc3)cccc2c1. The molecule has 0 radical (unpaired) electrons. The number of nitrogens with zero attached hydrogens (tertiary/aromatic N) is 3. The molecule has 8 nitrogen and oxygen atoms in total. The van der Waals surface area contributed by atoms with Gasteiger partial charge in [-0.1, -0.05) is 66.2 Å². The summed E-state index contributed by atoms with van der Waals surface area (Å²) in [5, 5.41) is 17.7. The third-order valence-corrected chi connectivity index (χ3v) is 8.09. The minimum absolute atomic E-state index is 0.0602. The predicted octanol–water partition coefficient (Wildman–Crippen LogP) is 6.72. The van der Waals surface area contributed by atoms with Crippen LogP contribution in [0.1, 0.15) is 38.8 Å². The fourth-order valence-corrected chi connectivity index (χ4v) is 6.10. The normalized spacial score (nSPS) is 14.4. The number of nitriles is 1. The number of aryl methyl sites for hydroxylation is 2. The van der Waals surface area contributed by atoms with E-state index in [0.717, 1.165) is 49.7 Å². The molecule has 1 aliphatic rings. The highest BCUT2D eigenvalue weighted by Gasteiger charge is 2.38. The highest BCUT2D eigenvalue weighted by Crippen LogP contribution is 2.46. The van der Waals surface area contributed by atoms with Gasteiger partial charge in [-0.2, -0.15) is 15.0 Å². The summed E-state index contributed by atoms with van der Waals surface area (Å²) in [7, 11) is 1.62. The van der Waals surface area contributed by atoms with Crippen molar-refractivity contribution in [2.45, 2.75) is 19.8 Å². The van der Waals surface area contributed by atoms with E-state index in [9.17, 15) is 10.1 Å². The van der Waals surface area contributed by atoms with Crippen LogP contribution in [0.15, 0.2) is 96.4 Å². The summed E-state index contributed by atoms with van der Waals surface area (Å²) in [5.41, 5.74) is 12.7. The molecule has 3 heterocycles. The second-order valence-electron chi connectivity index (χ2n) is 10.7. The first-order valence-electron chi connectivity index (χ1n) is 13.9. The van der Waals surface area contributed by atoms with Gasteiger partial charge in [-0.3, -0.25) is 4.79 Å². The summed E-state index contributed by atoms with van der Waals surface area (Å²) in [4.78, 5) is 17.8. The molecule has 8 heteroatoms. The van der Waals surface area contributed by atoms with Gasteiger partial charge in [0, 0.05) is 16.5 Å². The second-order valence-corrected chi connectivity index (χ2v) is 10.7. The van der Waals surface area contributed by atoms with Gasteiger partial charge in [-0.05, 0) is 60.0 Å². The number of aromatic nitrogens is 3. The second kappa shape index (κ2) is 9.93. The monoisotopic (exact) mass is 565 g/mol. The lowest BCUT2D eigenvalue weighted by molar-refractivity contribution is 0.0930. The molecule has 0 saturated heterocycles. The standard InChI is InChI=1S/C35H27N5O3/c1-19-12-15-28-26(16-19)30(21-8-5-4-6-9-21)32(38-28)34(41)40-35-29(20(2)39-40)31(27(18-36)33(37)43-35)25-11-7-10-22-17-23(42-3)13-14-24(22)25/h4-17,31,38H,37H2,1-3H3. The number of carbonyl (C=O) groups is 1. The van der Waals surface area contributed by atoms with Crippen molar-refractivity contribution in [3.63, 3.8) is 0 Å². The number of rotatable bonds is 4. The Kier molecular flexibility index (Phi) is 6.03. The van der Waals surface area contributed by atoms with Crippen molar-refractivity contribution < 1.29 is 14.3 Å². The maximum absolute atomic E-state index is 14.4. The molecule has 0 aliphatic carbocycles. The number of fused-ring (bicyclic) bond motifs is 3. The van der Waals surface area contributed by atoms with E-state index in [-0.39, 0.29) is 17.3 Å². The number of nitrogens with two attached hydrogens (primary N) is 1. The van der Waals surface area contributed by atoms with E-state index in [1.54, 1.807) is 7.11 Å². The highest BCUT2D eigenvalue weighted by molar-refractivity contribution is 6.10. The quantitative estimate of drug-likeness (QED) is 0.245. The summed E-state index contributed by atoms with van der Waals surface area (Å²) in [6, 6.07) is 29.8. The van der Waals surface area contributed by atoms with Gasteiger partial charge in [-0.15, -0.1) is 0 Å². The molecule has 1 unspecified atom stereocenters. The van der Waals surface area contributed by atoms with Gasteiger partial charge < -0.3 is 20.2 Å². The van der Waals surface area contributed by atoms with E-state index in [2.05, 4.69) is 22.2 Å². The van der Waals surface area contributed by atoms with Crippen molar-refractivity contribution in [2.75, 3.05) is 7.11 Å². The summed E-state index contributed by atoms with van der Waals surface area (Å²) >= 11 is 0. The smallest absolute Gasteiger partial charge is 0.298 e. The lowest BCUT2D eigenvalue weighted by Crippen LogP contribution is -2.24. The molecule has 1 aliphatic heterocycles. The van der Waals surface area contributed by atoms with E-state index in [1.807, 2.05) is 92.7 Å². The lowest BCUT2D eigenvalue weighted by atomic mass is 9.82. The molecular formula is C35H27N5O3. The summed E-state index contributed by atoms with van der Waals surface area (Å²) in [6.45, 7) is 3.84. The average molecular weight is 566 g/mol. The van der Waals surface area contributed by atoms with Crippen molar-refractivity contribution in [3.05, 3.63) is 124 Å². The Hall–Kier alpha value is -5.81. The van der Waals surface area contributed by atoms with Crippen LogP contribution in [-0.4, -0.2) is 27.8 Å². The molecule has 210 valence electrons. The van der Waals surface area contributed by atoms with Crippen LogP contribution < -0.4 is 15.2 Å². The molecule has 0 spiro atoms. The highest BCUT2D eigenvalue weighted by atomic mass is 16.5. The fourth-order valence-electron chi connectivity index (χ4n) is 6.10. The number of methoxy groups -OCH3 is 1. The third kappa shape index (κ3) is 4.05.